The lowest BCUT2D eigenvalue weighted by Crippen LogP contribution is -2.43. The number of nitriles is 1. The minimum absolute atomic E-state index is 0.0188. The number of alkyl carbamates (subject to hydrolysis) is 1. The van der Waals surface area contributed by atoms with E-state index in [0.29, 0.717) is 63.9 Å². The normalized spacial score (nSPS) is 18.9. The summed E-state index contributed by atoms with van der Waals surface area (Å²) in [7, 11) is -1.43. The Balaban J connectivity index is 1.61. The van der Waals surface area contributed by atoms with Gasteiger partial charge in [0.2, 0.25) is 0 Å². The van der Waals surface area contributed by atoms with Crippen LogP contribution in [-0.4, -0.2) is 59.0 Å². The zero-order valence-corrected chi connectivity index (χ0v) is 31.3. The molecule has 4 atom stereocenters. The molecule has 1 aliphatic carbocycles. The first-order chi connectivity index (χ1) is 23.6. The molecule has 2 N–H and O–H groups in total. The summed E-state index contributed by atoms with van der Waals surface area (Å²) in [5.74, 6) is -0.593. The van der Waals surface area contributed by atoms with E-state index in [0.717, 1.165) is 6.04 Å². The van der Waals surface area contributed by atoms with E-state index < -0.39 is 32.1 Å². The Morgan fingerprint density at radius 1 is 1.26 bits per heavy atom. The van der Waals surface area contributed by atoms with Gasteiger partial charge in [-0.1, -0.05) is 61.6 Å². The van der Waals surface area contributed by atoms with E-state index >= 15 is 4.39 Å². The maximum Gasteiger partial charge on any atom is 0.407 e. The number of aryl methyl sites for hydroxylation is 1. The standard InChI is InChI=1S/C37H40Cl2FN5O4Si/c1-19(2)32-25-17-27(20(3)42-36(46)49-13-14-50(4,5)6)45(34-22-16-28(34)44(18-22)37(47)48)35(25)24-15-21(9-8-12-41)29(31(40)33(24)43-32)23-10-7-11-26(38)30(23)39/h7,10-11,15,17,20,22,28,34H,1,8-9,13-14,16,18H2,2-6H3,(H,42,46)(H,47,48)/t20-,22-,28-,34+/m1/s1. The predicted octanol–water partition coefficient (Wildman–Crippen LogP) is 9.84. The van der Waals surface area contributed by atoms with Gasteiger partial charge in [0.1, 0.15) is 5.52 Å². The van der Waals surface area contributed by atoms with E-state index in [4.69, 9.17) is 32.9 Å². The van der Waals surface area contributed by atoms with E-state index in [2.05, 4.69) is 42.2 Å². The number of rotatable bonds is 10. The number of carboxylic acid groups (broad SMARTS) is 1. The number of nitrogens with one attached hydrogen (secondary N) is 1. The van der Waals surface area contributed by atoms with E-state index in [1.807, 2.05) is 19.1 Å². The molecule has 2 aromatic carbocycles. The number of carbonyl (C=O) groups is 2. The molecule has 0 spiro atoms. The molecule has 3 aliphatic rings. The molecule has 0 unspecified atom stereocenters. The monoisotopic (exact) mass is 735 g/mol. The van der Waals surface area contributed by atoms with Crippen LogP contribution < -0.4 is 5.32 Å². The van der Waals surface area contributed by atoms with Gasteiger partial charge < -0.3 is 24.6 Å². The average Bonchev–Trinajstić information content (AvgIpc) is 3.74. The van der Waals surface area contributed by atoms with Crippen LogP contribution in [0.15, 0.2) is 36.9 Å². The highest BCUT2D eigenvalue weighted by Crippen LogP contribution is 2.53. The van der Waals surface area contributed by atoms with Gasteiger partial charge in [-0.25, -0.2) is 19.0 Å². The highest BCUT2D eigenvalue weighted by molar-refractivity contribution is 6.76. The molecule has 0 radical (unpaired) electrons. The van der Waals surface area contributed by atoms with Gasteiger partial charge in [0, 0.05) is 54.6 Å². The molecule has 2 bridgehead atoms. The van der Waals surface area contributed by atoms with Crippen LogP contribution >= 0.6 is 23.2 Å². The summed E-state index contributed by atoms with van der Waals surface area (Å²) < 4.78 is 24.8. The smallest absolute Gasteiger partial charge is 0.407 e. The van der Waals surface area contributed by atoms with Crippen molar-refractivity contribution in [1.29, 1.82) is 5.26 Å². The number of nitrogens with zero attached hydrogens (tertiary/aromatic N) is 4. The van der Waals surface area contributed by atoms with Crippen LogP contribution in [0.2, 0.25) is 35.7 Å². The van der Waals surface area contributed by atoms with Gasteiger partial charge in [-0.15, -0.1) is 0 Å². The Morgan fingerprint density at radius 2 is 2.00 bits per heavy atom. The second-order valence-electron chi connectivity index (χ2n) is 14.6. The zero-order valence-electron chi connectivity index (χ0n) is 28.7. The van der Waals surface area contributed by atoms with Gasteiger partial charge in [-0.2, -0.15) is 5.26 Å². The number of halogens is 3. The number of amides is 2. The first-order valence-corrected chi connectivity index (χ1v) is 21.2. The van der Waals surface area contributed by atoms with Crippen molar-refractivity contribution >= 4 is 70.8 Å². The summed E-state index contributed by atoms with van der Waals surface area (Å²) >= 11 is 13.0. The van der Waals surface area contributed by atoms with E-state index in [-0.39, 0.29) is 52.0 Å². The van der Waals surface area contributed by atoms with Gasteiger partial charge in [-0.05, 0) is 62.1 Å². The van der Waals surface area contributed by atoms with Crippen molar-refractivity contribution in [2.24, 2.45) is 5.92 Å². The molecule has 2 amide bonds. The molecule has 50 heavy (non-hydrogen) atoms. The lowest BCUT2D eigenvalue weighted by Gasteiger charge is -2.39. The molecule has 13 heteroatoms. The summed E-state index contributed by atoms with van der Waals surface area (Å²) in [4.78, 5) is 31.6. The fraction of sp³-hybridized carbons (Fsp3) is 0.405. The third-order valence-corrected chi connectivity index (χ3v) is 12.4. The number of benzene rings is 2. The highest BCUT2D eigenvalue weighted by atomic mass is 35.5. The fourth-order valence-corrected chi connectivity index (χ4v) is 8.55. The van der Waals surface area contributed by atoms with Crippen LogP contribution in [0.4, 0.5) is 14.0 Å². The molecule has 4 heterocycles. The van der Waals surface area contributed by atoms with Crippen LogP contribution in [0.5, 0.6) is 0 Å². The average molecular weight is 737 g/mol. The summed E-state index contributed by atoms with van der Waals surface area (Å²) in [5.41, 5.74) is 3.71. The van der Waals surface area contributed by atoms with Gasteiger partial charge in [-0.3, -0.25) is 0 Å². The lowest BCUT2D eigenvalue weighted by molar-refractivity contribution is 0.123. The number of allylic oxidation sites excluding steroid dienone is 1. The Labute approximate surface area is 301 Å². The second kappa shape index (κ2) is 13.5. The number of hydrogen-bond donors (Lipinski definition) is 2. The molecule has 2 aromatic heterocycles. The van der Waals surface area contributed by atoms with Gasteiger partial charge in [0.05, 0.1) is 52.1 Å². The van der Waals surface area contributed by atoms with Gasteiger partial charge in [0.25, 0.3) is 0 Å². The number of fused-ring (bicyclic) bond motifs is 4. The Hall–Kier alpha value is -4.11. The molecule has 1 saturated carbocycles. The first-order valence-electron chi connectivity index (χ1n) is 16.7. The Morgan fingerprint density at radius 3 is 2.64 bits per heavy atom. The number of carbonyl (C=O) groups excluding carboxylic acids is 1. The fourth-order valence-electron chi connectivity index (χ4n) is 7.44. The maximum atomic E-state index is 17.2. The summed E-state index contributed by atoms with van der Waals surface area (Å²) in [6, 6.07) is 10.7. The van der Waals surface area contributed by atoms with Crippen molar-refractivity contribution in [3.05, 3.63) is 69.7 Å². The minimum atomic E-state index is -1.43. The predicted molar refractivity (Wildman–Crippen MR) is 198 cm³/mol. The van der Waals surface area contributed by atoms with E-state index in [1.165, 1.54) is 4.90 Å². The van der Waals surface area contributed by atoms with Crippen molar-refractivity contribution < 1.29 is 23.8 Å². The highest BCUT2D eigenvalue weighted by Gasteiger charge is 2.56. The Bertz CT molecular complexity index is 2110. The van der Waals surface area contributed by atoms with Crippen LogP contribution in [0.1, 0.15) is 55.7 Å². The SMILES string of the molecule is C=C(C)c1nc2c(F)c(-c3cccc(Cl)c3Cl)c(CCC#N)cc2c2c1cc([C@@H](C)NC(=O)OCC[Si](C)(C)C)n2[C@H]1[C@@H]2C[C@H]1N(C(=O)O)C2. The van der Waals surface area contributed by atoms with E-state index in [9.17, 15) is 20.0 Å². The summed E-state index contributed by atoms with van der Waals surface area (Å²) in [6.45, 7) is 15.2. The number of ether oxygens (including phenoxy) is 1. The quantitative estimate of drug-likeness (QED) is 0.157. The van der Waals surface area contributed by atoms with Crippen molar-refractivity contribution in [2.45, 2.75) is 76.9 Å². The molecular formula is C37H40Cl2FN5O4Si. The maximum absolute atomic E-state index is 17.2. The van der Waals surface area contributed by atoms with Crippen molar-refractivity contribution in [3.63, 3.8) is 0 Å². The molecule has 7 rings (SSSR count). The van der Waals surface area contributed by atoms with Gasteiger partial charge >= 0.3 is 12.2 Å². The lowest BCUT2D eigenvalue weighted by atomic mass is 9.79. The zero-order chi connectivity index (χ0) is 36.2. The second-order valence-corrected chi connectivity index (χ2v) is 21.0. The van der Waals surface area contributed by atoms with Crippen molar-refractivity contribution in [2.75, 3.05) is 13.2 Å². The summed E-state index contributed by atoms with van der Waals surface area (Å²) in [5, 5.41) is 24.2. The number of pyridine rings is 1. The largest absolute Gasteiger partial charge is 0.465 e. The topological polar surface area (TPSA) is 120 Å². The first kappa shape index (κ1) is 35.7. The third kappa shape index (κ3) is 6.33. The number of hydrogen-bond acceptors (Lipinski definition) is 5. The minimum Gasteiger partial charge on any atom is -0.465 e. The number of aromatic nitrogens is 2. The van der Waals surface area contributed by atoms with Crippen molar-refractivity contribution in [1.82, 2.24) is 19.8 Å². The van der Waals surface area contributed by atoms with Crippen LogP contribution in [0.3, 0.4) is 0 Å². The van der Waals surface area contributed by atoms with Crippen molar-refractivity contribution in [3.8, 4) is 17.2 Å². The molecule has 2 aliphatic heterocycles. The molecule has 262 valence electrons. The van der Waals surface area contributed by atoms with Crippen LogP contribution in [0.25, 0.3) is 38.5 Å². The van der Waals surface area contributed by atoms with E-state index in [1.54, 1.807) is 25.1 Å². The molecular weight excluding hydrogens is 696 g/mol. The molecule has 4 aromatic rings. The van der Waals surface area contributed by atoms with Crippen LogP contribution in [-0.2, 0) is 11.2 Å². The van der Waals surface area contributed by atoms with Crippen LogP contribution in [0, 0.1) is 23.1 Å². The molecule has 2 saturated heterocycles. The Kier molecular flexibility index (Phi) is 9.67. The molecule has 9 nitrogen and oxygen atoms in total. The third-order valence-electron chi connectivity index (χ3n) is 9.91. The summed E-state index contributed by atoms with van der Waals surface area (Å²) in [6.07, 6.45) is -0.470. The molecule has 3 fully saturated rings. The van der Waals surface area contributed by atoms with Gasteiger partial charge in [0.15, 0.2) is 5.82 Å².